The highest BCUT2D eigenvalue weighted by Crippen LogP contribution is 2.21. The van der Waals surface area contributed by atoms with Gasteiger partial charge < -0.3 is 4.90 Å². The SMILES string of the molecule is Cc1ccc(N2CCN(Cc3nonc3C)[C@@H](C)C2)cc1. The molecule has 0 radical (unpaired) electrons. The third-order valence-corrected chi connectivity index (χ3v) is 4.26. The average molecular weight is 286 g/mol. The first-order valence-corrected chi connectivity index (χ1v) is 7.47. The number of nitrogens with zero attached hydrogens (tertiary/aromatic N) is 4. The Morgan fingerprint density at radius 3 is 2.52 bits per heavy atom. The van der Waals surface area contributed by atoms with Gasteiger partial charge in [-0.1, -0.05) is 28.0 Å². The summed E-state index contributed by atoms with van der Waals surface area (Å²) in [5, 5.41) is 7.84. The van der Waals surface area contributed by atoms with Gasteiger partial charge in [-0.15, -0.1) is 0 Å². The number of anilines is 1. The molecule has 0 saturated carbocycles. The fourth-order valence-corrected chi connectivity index (χ4v) is 2.81. The molecule has 0 aliphatic carbocycles. The summed E-state index contributed by atoms with van der Waals surface area (Å²) >= 11 is 0. The van der Waals surface area contributed by atoms with E-state index >= 15 is 0 Å². The molecule has 1 saturated heterocycles. The lowest BCUT2D eigenvalue weighted by Crippen LogP contribution is -2.51. The van der Waals surface area contributed by atoms with Gasteiger partial charge >= 0.3 is 0 Å². The smallest absolute Gasteiger partial charge is 0.122 e. The van der Waals surface area contributed by atoms with Crippen LogP contribution in [0.25, 0.3) is 0 Å². The van der Waals surface area contributed by atoms with Crippen LogP contribution in [0.5, 0.6) is 0 Å². The summed E-state index contributed by atoms with van der Waals surface area (Å²) < 4.78 is 4.79. The van der Waals surface area contributed by atoms with Crippen LogP contribution in [0.3, 0.4) is 0 Å². The predicted molar refractivity (Wildman–Crippen MR) is 82.3 cm³/mol. The van der Waals surface area contributed by atoms with Gasteiger partial charge in [0.05, 0.1) is 0 Å². The van der Waals surface area contributed by atoms with Gasteiger partial charge in [0.15, 0.2) is 0 Å². The van der Waals surface area contributed by atoms with E-state index in [1.54, 1.807) is 0 Å². The lowest BCUT2D eigenvalue weighted by Gasteiger charge is -2.40. The van der Waals surface area contributed by atoms with Crippen LogP contribution in [-0.4, -0.2) is 40.9 Å². The molecule has 5 heteroatoms. The van der Waals surface area contributed by atoms with Crippen LogP contribution >= 0.6 is 0 Å². The predicted octanol–water partition coefficient (Wildman–Crippen LogP) is 2.40. The number of benzene rings is 1. The van der Waals surface area contributed by atoms with Crippen molar-refractivity contribution in [3.63, 3.8) is 0 Å². The van der Waals surface area contributed by atoms with E-state index in [-0.39, 0.29) is 0 Å². The van der Waals surface area contributed by atoms with Gasteiger partial charge in [-0.25, -0.2) is 4.63 Å². The normalized spacial score (nSPS) is 20.0. The minimum atomic E-state index is 0.483. The van der Waals surface area contributed by atoms with Gasteiger partial charge in [-0.05, 0) is 32.9 Å². The Labute approximate surface area is 125 Å². The standard InChI is InChI=1S/C16H22N4O/c1-12-4-6-15(7-5-12)20-9-8-19(13(2)10-20)11-16-14(3)17-21-18-16/h4-7,13H,8-11H2,1-3H3/t13-/m0/s1. The van der Waals surface area contributed by atoms with Crippen LogP contribution < -0.4 is 4.90 Å². The van der Waals surface area contributed by atoms with Gasteiger partial charge in [0.1, 0.15) is 11.4 Å². The molecule has 1 atom stereocenters. The Hall–Kier alpha value is -1.88. The first-order chi connectivity index (χ1) is 10.1. The van der Waals surface area contributed by atoms with Crippen LogP contribution in [0.2, 0.25) is 0 Å². The third kappa shape index (κ3) is 3.08. The van der Waals surface area contributed by atoms with Crippen LogP contribution in [0.1, 0.15) is 23.9 Å². The first-order valence-electron chi connectivity index (χ1n) is 7.47. The van der Waals surface area contributed by atoms with E-state index in [9.17, 15) is 0 Å². The van der Waals surface area contributed by atoms with Crippen molar-refractivity contribution in [2.24, 2.45) is 0 Å². The zero-order valence-corrected chi connectivity index (χ0v) is 12.9. The summed E-state index contributed by atoms with van der Waals surface area (Å²) in [6.45, 7) is 10.3. The van der Waals surface area contributed by atoms with Crippen molar-refractivity contribution in [1.29, 1.82) is 0 Å². The Morgan fingerprint density at radius 1 is 1.14 bits per heavy atom. The van der Waals surface area contributed by atoms with Crippen LogP contribution in [0, 0.1) is 13.8 Å². The molecular formula is C16H22N4O. The maximum Gasteiger partial charge on any atom is 0.122 e. The summed E-state index contributed by atoms with van der Waals surface area (Å²) in [4.78, 5) is 4.89. The number of piperazine rings is 1. The van der Waals surface area contributed by atoms with E-state index in [0.717, 1.165) is 37.6 Å². The topological polar surface area (TPSA) is 45.4 Å². The average Bonchev–Trinajstić information content (AvgIpc) is 2.87. The Balaban J connectivity index is 1.64. The minimum Gasteiger partial charge on any atom is -0.369 e. The first kappa shape index (κ1) is 14.1. The van der Waals surface area contributed by atoms with E-state index in [0.29, 0.717) is 6.04 Å². The zero-order chi connectivity index (χ0) is 14.8. The molecule has 1 aliphatic rings. The molecule has 3 rings (SSSR count). The largest absolute Gasteiger partial charge is 0.369 e. The van der Waals surface area contributed by atoms with Crippen LogP contribution in [0.15, 0.2) is 28.9 Å². The van der Waals surface area contributed by atoms with Crippen molar-refractivity contribution in [1.82, 2.24) is 15.2 Å². The molecule has 112 valence electrons. The Bertz CT molecular complexity index is 593. The number of aryl methyl sites for hydroxylation is 2. The summed E-state index contributed by atoms with van der Waals surface area (Å²) in [6.07, 6.45) is 0. The second-order valence-corrected chi connectivity index (χ2v) is 5.90. The van der Waals surface area contributed by atoms with Crippen molar-refractivity contribution in [2.45, 2.75) is 33.4 Å². The van der Waals surface area contributed by atoms with Gasteiger partial charge in [-0.2, -0.15) is 0 Å². The lowest BCUT2D eigenvalue weighted by molar-refractivity contribution is 0.175. The molecule has 2 heterocycles. The number of aromatic nitrogens is 2. The zero-order valence-electron chi connectivity index (χ0n) is 12.9. The molecule has 0 amide bonds. The van der Waals surface area contributed by atoms with E-state index in [4.69, 9.17) is 4.63 Å². The van der Waals surface area contributed by atoms with Crippen molar-refractivity contribution in [2.75, 3.05) is 24.5 Å². The minimum absolute atomic E-state index is 0.483. The van der Waals surface area contributed by atoms with Gasteiger partial charge in [0.2, 0.25) is 0 Å². The quantitative estimate of drug-likeness (QED) is 0.867. The molecule has 2 aromatic rings. The molecule has 1 fully saturated rings. The third-order valence-electron chi connectivity index (χ3n) is 4.26. The second kappa shape index (κ2) is 5.85. The van der Waals surface area contributed by atoms with Crippen molar-refractivity contribution in [3.8, 4) is 0 Å². The highest BCUT2D eigenvalue weighted by Gasteiger charge is 2.25. The number of hydrogen-bond acceptors (Lipinski definition) is 5. The molecule has 21 heavy (non-hydrogen) atoms. The molecule has 0 bridgehead atoms. The maximum absolute atomic E-state index is 4.79. The fraction of sp³-hybridized carbons (Fsp3) is 0.500. The van der Waals surface area contributed by atoms with E-state index < -0.39 is 0 Å². The van der Waals surface area contributed by atoms with E-state index in [1.165, 1.54) is 11.3 Å². The lowest BCUT2D eigenvalue weighted by atomic mass is 10.1. The molecule has 0 unspecified atom stereocenters. The Morgan fingerprint density at radius 2 is 1.90 bits per heavy atom. The molecule has 0 N–H and O–H groups in total. The summed E-state index contributed by atoms with van der Waals surface area (Å²) in [5.74, 6) is 0. The Kier molecular flexibility index (Phi) is 3.92. The van der Waals surface area contributed by atoms with Crippen molar-refractivity contribution < 1.29 is 4.63 Å². The summed E-state index contributed by atoms with van der Waals surface area (Å²) in [5.41, 5.74) is 4.46. The number of hydrogen-bond donors (Lipinski definition) is 0. The van der Waals surface area contributed by atoms with Crippen molar-refractivity contribution >= 4 is 5.69 Å². The highest BCUT2D eigenvalue weighted by atomic mass is 16.6. The molecule has 1 aromatic carbocycles. The molecule has 1 aliphatic heterocycles. The summed E-state index contributed by atoms with van der Waals surface area (Å²) in [7, 11) is 0. The highest BCUT2D eigenvalue weighted by molar-refractivity contribution is 5.48. The summed E-state index contributed by atoms with van der Waals surface area (Å²) in [6, 6.07) is 9.26. The van der Waals surface area contributed by atoms with Crippen molar-refractivity contribution in [3.05, 3.63) is 41.2 Å². The van der Waals surface area contributed by atoms with Gasteiger partial charge in [0.25, 0.3) is 0 Å². The molecular weight excluding hydrogens is 264 g/mol. The van der Waals surface area contributed by atoms with Crippen LogP contribution in [-0.2, 0) is 6.54 Å². The van der Waals surface area contributed by atoms with Gasteiger partial charge in [0, 0.05) is 37.9 Å². The molecule has 0 spiro atoms. The molecule has 5 nitrogen and oxygen atoms in total. The number of rotatable bonds is 3. The van der Waals surface area contributed by atoms with E-state index in [1.807, 2.05) is 6.92 Å². The van der Waals surface area contributed by atoms with Crippen LogP contribution in [0.4, 0.5) is 5.69 Å². The van der Waals surface area contributed by atoms with E-state index in [2.05, 4.69) is 58.2 Å². The monoisotopic (exact) mass is 286 g/mol. The van der Waals surface area contributed by atoms with Gasteiger partial charge in [-0.3, -0.25) is 4.90 Å². The second-order valence-electron chi connectivity index (χ2n) is 5.90. The fourth-order valence-electron chi connectivity index (χ4n) is 2.81. The molecule has 1 aromatic heterocycles. The maximum atomic E-state index is 4.79.